The van der Waals surface area contributed by atoms with E-state index in [1.165, 1.54) is 13.2 Å². The molecule has 1 aliphatic heterocycles. The second kappa shape index (κ2) is 6.60. The van der Waals surface area contributed by atoms with E-state index in [0.717, 1.165) is 23.3 Å². The fourth-order valence-electron chi connectivity index (χ4n) is 2.76. The predicted molar refractivity (Wildman–Crippen MR) is 79.7 cm³/mol. The van der Waals surface area contributed by atoms with Crippen LogP contribution in [0.5, 0.6) is 0 Å². The molecule has 132 valence electrons. The lowest BCUT2D eigenvalue weighted by molar-refractivity contribution is -0.141. The number of halogens is 2. The summed E-state index contributed by atoms with van der Waals surface area (Å²) in [5.74, 6) is -4.04. The molecule has 3 rings (SSSR count). The molecule has 2 atom stereocenters. The van der Waals surface area contributed by atoms with Gasteiger partial charge < -0.3 is 19.2 Å². The summed E-state index contributed by atoms with van der Waals surface area (Å²) in [5, 5.41) is 9.26. The van der Waals surface area contributed by atoms with Crippen LogP contribution in [0, 0.1) is 11.6 Å². The van der Waals surface area contributed by atoms with E-state index in [1.54, 1.807) is 0 Å². The standard InChI is InChI=1S/C16H14F2N2O5/c1-24-8-5-12(16(22)23)20(6-8)15(21)11-7-25-14(19-11)13-9(17)3-2-4-10(13)18/h2-4,7-8,12H,5-6H2,1H3,(H,22,23). The number of rotatable bonds is 4. The summed E-state index contributed by atoms with van der Waals surface area (Å²) < 4.78 is 37.7. The zero-order valence-electron chi connectivity index (χ0n) is 13.1. The Morgan fingerprint density at radius 1 is 1.36 bits per heavy atom. The maximum Gasteiger partial charge on any atom is 0.326 e. The highest BCUT2D eigenvalue weighted by Gasteiger charge is 2.41. The number of nitrogens with zero attached hydrogens (tertiary/aromatic N) is 2. The van der Waals surface area contributed by atoms with Crippen molar-refractivity contribution < 1.29 is 32.6 Å². The van der Waals surface area contributed by atoms with Gasteiger partial charge in [0.1, 0.15) is 29.5 Å². The summed E-state index contributed by atoms with van der Waals surface area (Å²) in [7, 11) is 1.42. The average molecular weight is 352 g/mol. The fourth-order valence-corrected chi connectivity index (χ4v) is 2.76. The Bertz CT molecular complexity index is 802. The van der Waals surface area contributed by atoms with E-state index in [4.69, 9.17) is 9.15 Å². The maximum atomic E-state index is 13.8. The summed E-state index contributed by atoms with van der Waals surface area (Å²) in [4.78, 5) is 28.8. The molecule has 2 unspecified atom stereocenters. The number of carboxylic acid groups (broad SMARTS) is 1. The van der Waals surface area contributed by atoms with E-state index in [0.29, 0.717) is 0 Å². The maximum absolute atomic E-state index is 13.8. The van der Waals surface area contributed by atoms with Gasteiger partial charge in [-0.15, -0.1) is 0 Å². The summed E-state index contributed by atoms with van der Waals surface area (Å²) in [6.07, 6.45) is 0.674. The second-order valence-corrected chi connectivity index (χ2v) is 5.54. The number of aromatic nitrogens is 1. The van der Waals surface area contributed by atoms with Gasteiger partial charge >= 0.3 is 5.97 Å². The van der Waals surface area contributed by atoms with Crippen LogP contribution in [0.25, 0.3) is 11.5 Å². The molecule has 0 spiro atoms. The zero-order chi connectivity index (χ0) is 18.1. The largest absolute Gasteiger partial charge is 0.480 e. The minimum atomic E-state index is -1.17. The van der Waals surface area contributed by atoms with Gasteiger partial charge in [-0.05, 0) is 12.1 Å². The van der Waals surface area contributed by atoms with Gasteiger partial charge in [0.15, 0.2) is 5.69 Å². The van der Waals surface area contributed by atoms with Gasteiger partial charge in [-0.1, -0.05) is 6.07 Å². The van der Waals surface area contributed by atoms with Crippen molar-refractivity contribution in [2.75, 3.05) is 13.7 Å². The van der Waals surface area contributed by atoms with Crippen molar-refractivity contribution >= 4 is 11.9 Å². The molecule has 1 aliphatic rings. The van der Waals surface area contributed by atoms with Crippen molar-refractivity contribution in [2.24, 2.45) is 0 Å². The van der Waals surface area contributed by atoms with Crippen LogP contribution in [-0.2, 0) is 9.53 Å². The molecule has 0 saturated carbocycles. The number of likely N-dealkylation sites (tertiary alicyclic amines) is 1. The fraction of sp³-hybridized carbons (Fsp3) is 0.312. The van der Waals surface area contributed by atoms with E-state index in [-0.39, 0.29) is 18.7 Å². The number of methoxy groups -OCH3 is 1. The second-order valence-electron chi connectivity index (χ2n) is 5.54. The SMILES string of the molecule is COC1CC(C(=O)O)N(C(=O)c2coc(-c3c(F)cccc3F)n2)C1. The predicted octanol–water partition coefficient (Wildman–Crippen LogP) is 1.93. The minimum absolute atomic E-state index is 0.0720. The number of carbonyl (C=O) groups excluding carboxylic acids is 1. The number of carboxylic acids is 1. The lowest BCUT2D eigenvalue weighted by Crippen LogP contribution is -2.40. The lowest BCUT2D eigenvalue weighted by atomic mass is 10.2. The highest BCUT2D eigenvalue weighted by Crippen LogP contribution is 2.27. The Morgan fingerprint density at radius 2 is 2.04 bits per heavy atom. The van der Waals surface area contributed by atoms with Crippen molar-refractivity contribution in [1.29, 1.82) is 0 Å². The Morgan fingerprint density at radius 3 is 2.64 bits per heavy atom. The van der Waals surface area contributed by atoms with Gasteiger partial charge in [-0.25, -0.2) is 18.6 Å². The Hall–Kier alpha value is -2.81. The van der Waals surface area contributed by atoms with Gasteiger partial charge in [0, 0.05) is 20.1 Å². The van der Waals surface area contributed by atoms with Crippen LogP contribution in [0.1, 0.15) is 16.9 Å². The molecule has 0 aliphatic carbocycles. The molecule has 7 nitrogen and oxygen atoms in total. The first-order chi connectivity index (χ1) is 11.9. The normalized spacial score (nSPS) is 20.0. The minimum Gasteiger partial charge on any atom is -0.480 e. The third-order valence-electron chi connectivity index (χ3n) is 4.04. The number of amides is 1. The van der Waals surface area contributed by atoms with Gasteiger partial charge in [0.05, 0.1) is 6.10 Å². The first-order valence-electron chi connectivity index (χ1n) is 7.38. The molecule has 0 bridgehead atoms. The zero-order valence-corrected chi connectivity index (χ0v) is 13.1. The number of aliphatic carboxylic acids is 1. The van der Waals surface area contributed by atoms with Crippen molar-refractivity contribution in [3.8, 4) is 11.5 Å². The summed E-state index contributed by atoms with van der Waals surface area (Å²) in [6.45, 7) is 0.0720. The van der Waals surface area contributed by atoms with E-state index in [2.05, 4.69) is 4.98 Å². The number of oxazole rings is 1. The van der Waals surface area contributed by atoms with Crippen molar-refractivity contribution in [3.05, 3.63) is 41.8 Å². The van der Waals surface area contributed by atoms with E-state index < -0.39 is 47.1 Å². The monoisotopic (exact) mass is 352 g/mol. The summed E-state index contributed by atoms with van der Waals surface area (Å²) in [5.41, 5.74) is -0.729. The first-order valence-corrected chi connectivity index (χ1v) is 7.38. The third-order valence-corrected chi connectivity index (χ3v) is 4.04. The van der Waals surface area contributed by atoms with E-state index in [1.807, 2.05) is 0 Å². The topological polar surface area (TPSA) is 92.9 Å². The molecule has 25 heavy (non-hydrogen) atoms. The average Bonchev–Trinajstić information content (AvgIpc) is 3.21. The third kappa shape index (κ3) is 3.10. The van der Waals surface area contributed by atoms with Crippen molar-refractivity contribution in [3.63, 3.8) is 0 Å². The number of carbonyl (C=O) groups is 2. The molecule has 2 aromatic rings. The quantitative estimate of drug-likeness (QED) is 0.904. The van der Waals surface area contributed by atoms with Crippen LogP contribution in [0.15, 0.2) is 28.9 Å². The van der Waals surface area contributed by atoms with Crippen LogP contribution < -0.4 is 0 Å². The molecule has 0 radical (unpaired) electrons. The molecule has 1 aromatic carbocycles. The molecular formula is C16H14F2N2O5. The van der Waals surface area contributed by atoms with Crippen LogP contribution >= 0.6 is 0 Å². The smallest absolute Gasteiger partial charge is 0.326 e. The molecule has 1 amide bonds. The Kier molecular flexibility index (Phi) is 4.49. The first kappa shape index (κ1) is 17.0. The molecule has 9 heteroatoms. The van der Waals surface area contributed by atoms with Crippen molar-refractivity contribution in [1.82, 2.24) is 9.88 Å². The molecule has 2 heterocycles. The Labute approximate surface area is 140 Å². The molecule has 1 aromatic heterocycles. The number of benzene rings is 1. The number of hydrogen-bond donors (Lipinski definition) is 1. The van der Waals surface area contributed by atoms with Gasteiger partial charge in [0.25, 0.3) is 5.91 Å². The number of ether oxygens (including phenoxy) is 1. The van der Waals surface area contributed by atoms with E-state index >= 15 is 0 Å². The van der Waals surface area contributed by atoms with E-state index in [9.17, 15) is 23.5 Å². The summed E-state index contributed by atoms with van der Waals surface area (Å²) in [6, 6.07) is 2.20. The van der Waals surface area contributed by atoms with Crippen LogP contribution in [0.4, 0.5) is 8.78 Å². The van der Waals surface area contributed by atoms with Crippen LogP contribution in [-0.4, -0.2) is 52.7 Å². The molecule has 1 fully saturated rings. The van der Waals surface area contributed by atoms with Gasteiger partial charge in [0.2, 0.25) is 5.89 Å². The molecule has 1 N–H and O–H groups in total. The highest BCUT2D eigenvalue weighted by molar-refractivity contribution is 5.95. The summed E-state index contributed by atoms with van der Waals surface area (Å²) >= 11 is 0. The molecule has 1 saturated heterocycles. The number of hydrogen-bond acceptors (Lipinski definition) is 5. The molecular weight excluding hydrogens is 338 g/mol. The van der Waals surface area contributed by atoms with Crippen molar-refractivity contribution in [2.45, 2.75) is 18.6 Å². The van der Waals surface area contributed by atoms with Crippen LogP contribution in [0.3, 0.4) is 0 Å². The highest BCUT2D eigenvalue weighted by atomic mass is 19.1. The van der Waals surface area contributed by atoms with Crippen LogP contribution in [0.2, 0.25) is 0 Å². The lowest BCUT2D eigenvalue weighted by Gasteiger charge is -2.19. The van der Waals surface area contributed by atoms with Gasteiger partial charge in [-0.2, -0.15) is 0 Å². The Balaban J connectivity index is 1.89. The van der Waals surface area contributed by atoms with Gasteiger partial charge in [-0.3, -0.25) is 4.79 Å².